The molecule has 0 radical (unpaired) electrons. The molecule has 1 atom stereocenters. The van der Waals surface area contributed by atoms with Crippen molar-refractivity contribution in [1.29, 1.82) is 0 Å². The van der Waals surface area contributed by atoms with E-state index in [0.29, 0.717) is 12.1 Å². The van der Waals surface area contributed by atoms with Gasteiger partial charge in [0.25, 0.3) is 0 Å². The van der Waals surface area contributed by atoms with Crippen molar-refractivity contribution in [3.63, 3.8) is 0 Å². The number of likely N-dealkylation sites (tertiary alicyclic amines) is 1. The van der Waals surface area contributed by atoms with Crippen LogP contribution in [0.1, 0.15) is 45.4 Å². The molecule has 2 fully saturated rings. The Morgan fingerprint density at radius 1 is 1.26 bits per heavy atom. The predicted octanol–water partition coefficient (Wildman–Crippen LogP) is 1.79. The summed E-state index contributed by atoms with van der Waals surface area (Å²) in [6.07, 6.45) is 7.74. The summed E-state index contributed by atoms with van der Waals surface area (Å²) in [5, 5.41) is 3.78. The third-order valence-corrected chi connectivity index (χ3v) is 4.72. The number of nitrogens with zero attached hydrogens (tertiary/aromatic N) is 1. The molecule has 2 rings (SSSR count). The summed E-state index contributed by atoms with van der Waals surface area (Å²) < 4.78 is 4.91. The van der Waals surface area contributed by atoms with Gasteiger partial charge in [-0.3, -0.25) is 4.79 Å². The average molecular weight is 268 g/mol. The van der Waals surface area contributed by atoms with E-state index in [4.69, 9.17) is 4.74 Å². The second-order valence-corrected chi connectivity index (χ2v) is 6.09. The summed E-state index contributed by atoms with van der Waals surface area (Å²) in [5.41, 5.74) is 0. The Hall–Kier alpha value is -0.610. The van der Waals surface area contributed by atoms with E-state index in [1.165, 1.54) is 25.7 Å². The second-order valence-electron chi connectivity index (χ2n) is 6.09. The van der Waals surface area contributed by atoms with Gasteiger partial charge in [-0.25, -0.2) is 0 Å². The molecule has 19 heavy (non-hydrogen) atoms. The zero-order valence-electron chi connectivity index (χ0n) is 12.4. The molecule has 2 aliphatic rings. The molecule has 0 aromatic carbocycles. The molecule has 1 aliphatic carbocycles. The first kappa shape index (κ1) is 14.8. The lowest BCUT2D eigenvalue weighted by molar-refractivity contribution is -0.136. The molecule has 1 N–H and O–H groups in total. The third-order valence-electron chi connectivity index (χ3n) is 4.72. The van der Waals surface area contributed by atoms with Crippen LogP contribution < -0.4 is 5.32 Å². The minimum atomic E-state index is 0.129. The lowest BCUT2D eigenvalue weighted by atomic mass is 9.96. The first-order valence-electron chi connectivity index (χ1n) is 7.73. The van der Waals surface area contributed by atoms with Gasteiger partial charge in [0.05, 0.1) is 0 Å². The van der Waals surface area contributed by atoms with Crippen molar-refractivity contribution in [3.05, 3.63) is 0 Å². The summed E-state index contributed by atoms with van der Waals surface area (Å²) in [6, 6.07) is 1.22. The van der Waals surface area contributed by atoms with E-state index in [2.05, 4.69) is 12.2 Å². The number of amides is 1. The van der Waals surface area contributed by atoms with Crippen molar-refractivity contribution in [2.24, 2.45) is 5.92 Å². The molecule has 1 saturated heterocycles. The Morgan fingerprint density at radius 3 is 2.47 bits per heavy atom. The van der Waals surface area contributed by atoms with E-state index in [-0.39, 0.29) is 12.5 Å². The number of hydrogen-bond donors (Lipinski definition) is 1. The fourth-order valence-corrected chi connectivity index (χ4v) is 3.48. The zero-order chi connectivity index (χ0) is 13.7. The smallest absolute Gasteiger partial charge is 0.248 e. The zero-order valence-corrected chi connectivity index (χ0v) is 12.4. The van der Waals surface area contributed by atoms with Gasteiger partial charge in [0, 0.05) is 32.3 Å². The number of ether oxygens (including phenoxy) is 1. The first-order chi connectivity index (χ1) is 9.20. The Labute approximate surface area is 116 Å². The molecule has 4 nitrogen and oxygen atoms in total. The number of carbonyl (C=O) groups is 1. The Kier molecular flexibility index (Phi) is 5.64. The van der Waals surface area contributed by atoms with Crippen LogP contribution in [0.15, 0.2) is 0 Å². The van der Waals surface area contributed by atoms with Gasteiger partial charge in [-0.15, -0.1) is 0 Å². The summed E-state index contributed by atoms with van der Waals surface area (Å²) in [5.74, 6) is 0.998. The average Bonchev–Trinajstić information content (AvgIpc) is 2.94. The van der Waals surface area contributed by atoms with Crippen LogP contribution in [0, 0.1) is 5.92 Å². The minimum Gasteiger partial charge on any atom is -0.375 e. The van der Waals surface area contributed by atoms with Crippen molar-refractivity contribution >= 4 is 5.91 Å². The van der Waals surface area contributed by atoms with Gasteiger partial charge < -0.3 is 15.0 Å². The van der Waals surface area contributed by atoms with Crippen molar-refractivity contribution in [1.82, 2.24) is 10.2 Å². The minimum absolute atomic E-state index is 0.129. The largest absolute Gasteiger partial charge is 0.375 e. The molecular weight excluding hydrogens is 240 g/mol. The van der Waals surface area contributed by atoms with Crippen molar-refractivity contribution in [2.45, 2.75) is 57.5 Å². The number of methoxy groups -OCH3 is 1. The topological polar surface area (TPSA) is 41.6 Å². The molecule has 4 heteroatoms. The molecule has 1 unspecified atom stereocenters. The van der Waals surface area contributed by atoms with E-state index in [0.717, 1.165) is 31.8 Å². The monoisotopic (exact) mass is 268 g/mol. The van der Waals surface area contributed by atoms with Gasteiger partial charge in [0.1, 0.15) is 6.61 Å². The number of piperidine rings is 1. The van der Waals surface area contributed by atoms with Crippen LogP contribution >= 0.6 is 0 Å². The lowest BCUT2D eigenvalue weighted by Gasteiger charge is -2.35. The highest BCUT2D eigenvalue weighted by Crippen LogP contribution is 2.28. The highest BCUT2D eigenvalue weighted by atomic mass is 16.5. The van der Waals surface area contributed by atoms with Gasteiger partial charge in [0.2, 0.25) is 5.91 Å². The predicted molar refractivity (Wildman–Crippen MR) is 76.0 cm³/mol. The van der Waals surface area contributed by atoms with Crippen LogP contribution in [-0.4, -0.2) is 49.7 Å². The maximum absolute atomic E-state index is 11.7. The Balaban J connectivity index is 1.69. The van der Waals surface area contributed by atoms with Crippen LogP contribution in [0.5, 0.6) is 0 Å². The van der Waals surface area contributed by atoms with Crippen LogP contribution in [0.25, 0.3) is 0 Å². The normalized spacial score (nSPS) is 23.8. The van der Waals surface area contributed by atoms with Gasteiger partial charge in [0.15, 0.2) is 0 Å². The Morgan fingerprint density at radius 2 is 1.89 bits per heavy atom. The van der Waals surface area contributed by atoms with E-state index >= 15 is 0 Å². The molecule has 1 amide bonds. The molecule has 0 bridgehead atoms. The summed E-state index contributed by atoms with van der Waals surface area (Å²) >= 11 is 0. The van der Waals surface area contributed by atoms with Crippen molar-refractivity contribution in [3.8, 4) is 0 Å². The van der Waals surface area contributed by atoms with E-state index in [1.54, 1.807) is 7.11 Å². The summed E-state index contributed by atoms with van der Waals surface area (Å²) in [6.45, 7) is 4.30. The highest BCUT2D eigenvalue weighted by Gasteiger charge is 2.27. The summed E-state index contributed by atoms with van der Waals surface area (Å²) in [7, 11) is 1.58. The van der Waals surface area contributed by atoms with Crippen LogP contribution in [0.2, 0.25) is 0 Å². The van der Waals surface area contributed by atoms with Gasteiger partial charge in [-0.2, -0.15) is 0 Å². The van der Waals surface area contributed by atoms with Crippen LogP contribution in [0.4, 0.5) is 0 Å². The van der Waals surface area contributed by atoms with E-state index < -0.39 is 0 Å². The molecule has 0 aromatic rings. The first-order valence-corrected chi connectivity index (χ1v) is 7.73. The van der Waals surface area contributed by atoms with Crippen LogP contribution in [-0.2, 0) is 9.53 Å². The van der Waals surface area contributed by atoms with E-state index in [1.807, 2.05) is 4.90 Å². The number of carbonyl (C=O) groups excluding carboxylic acids is 1. The van der Waals surface area contributed by atoms with Gasteiger partial charge in [-0.05, 0) is 38.5 Å². The standard InChI is InChI=1S/C15H28N2O2/c1-12(13-5-3-4-6-13)16-14-7-9-17(10-8-14)15(18)11-19-2/h12-14,16H,3-11H2,1-2H3. The van der Waals surface area contributed by atoms with Gasteiger partial charge in [-0.1, -0.05) is 12.8 Å². The van der Waals surface area contributed by atoms with Crippen molar-refractivity contribution < 1.29 is 9.53 Å². The van der Waals surface area contributed by atoms with E-state index in [9.17, 15) is 4.79 Å². The fraction of sp³-hybridized carbons (Fsp3) is 0.933. The molecule has 110 valence electrons. The maximum Gasteiger partial charge on any atom is 0.248 e. The fourth-order valence-electron chi connectivity index (χ4n) is 3.48. The lowest BCUT2D eigenvalue weighted by Crippen LogP contribution is -2.49. The Bertz CT molecular complexity index is 282. The van der Waals surface area contributed by atoms with Gasteiger partial charge >= 0.3 is 0 Å². The number of nitrogens with one attached hydrogen (secondary N) is 1. The SMILES string of the molecule is COCC(=O)N1CCC(NC(C)C2CCCC2)CC1. The van der Waals surface area contributed by atoms with Crippen molar-refractivity contribution in [2.75, 3.05) is 26.8 Å². The molecule has 1 heterocycles. The maximum atomic E-state index is 11.7. The van der Waals surface area contributed by atoms with Crippen LogP contribution in [0.3, 0.4) is 0 Å². The highest BCUT2D eigenvalue weighted by molar-refractivity contribution is 5.77. The molecular formula is C15H28N2O2. The molecule has 0 spiro atoms. The molecule has 1 saturated carbocycles. The second kappa shape index (κ2) is 7.25. The molecule has 1 aliphatic heterocycles. The number of hydrogen-bond acceptors (Lipinski definition) is 3. The molecule has 0 aromatic heterocycles. The quantitative estimate of drug-likeness (QED) is 0.826. The number of rotatable bonds is 5. The summed E-state index contributed by atoms with van der Waals surface area (Å²) in [4.78, 5) is 13.6. The third kappa shape index (κ3) is 4.18.